The number of ketones is 1. The van der Waals surface area contributed by atoms with E-state index < -0.39 is 18.2 Å². The average molecular weight is 429 g/mol. The van der Waals surface area contributed by atoms with Gasteiger partial charge in [0.2, 0.25) is 0 Å². The van der Waals surface area contributed by atoms with Gasteiger partial charge in [-0.15, -0.1) is 0 Å². The maximum Gasteiger partial charge on any atom is 0.338 e. The Morgan fingerprint density at radius 1 is 1.13 bits per heavy atom. The lowest BCUT2D eigenvalue weighted by Crippen LogP contribution is -2.32. The first kappa shape index (κ1) is 22.1. The first-order valence-electron chi connectivity index (χ1n) is 9.70. The maximum absolute atomic E-state index is 12.8. The predicted octanol–water partition coefficient (Wildman–Crippen LogP) is 4.92. The molecular formula is C24H25ClO5. The molecule has 1 N–H and O–H groups in total. The molecule has 0 heterocycles. The van der Waals surface area contributed by atoms with Gasteiger partial charge in [0.25, 0.3) is 0 Å². The Bertz CT molecular complexity index is 962. The molecule has 0 bridgehead atoms. The number of allylic oxidation sites excluding steroid dienone is 1. The molecule has 0 spiro atoms. The highest BCUT2D eigenvalue weighted by atomic mass is 35.5. The number of aliphatic hydroxyl groups is 1. The minimum atomic E-state index is -1.16. The van der Waals surface area contributed by atoms with E-state index in [1.807, 2.05) is 13.8 Å². The molecule has 0 radical (unpaired) electrons. The van der Waals surface area contributed by atoms with Crippen molar-refractivity contribution in [2.45, 2.75) is 38.9 Å². The van der Waals surface area contributed by atoms with Crippen LogP contribution >= 0.6 is 11.6 Å². The second kappa shape index (κ2) is 9.02. The van der Waals surface area contributed by atoms with Gasteiger partial charge in [-0.1, -0.05) is 43.6 Å². The summed E-state index contributed by atoms with van der Waals surface area (Å²) in [5, 5.41) is 11.6. The first-order valence-corrected chi connectivity index (χ1v) is 10.1. The number of halogens is 1. The third kappa shape index (κ3) is 5.29. The molecule has 30 heavy (non-hydrogen) atoms. The van der Waals surface area contributed by atoms with Crippen LogP contribution in [0.5, 0.6) is 5.75 Å². The van der Waals surface area contributed by atoms with Crippen LogP contribution in [0.15, 0.2) is 60.2 Å². The standard InChI is InChI=1S/C24H25ClO5/c1-24(2)13-17(12-19(26)14-24)21(27)22(15-7-9-20(29-3)10-8-15)30-23(28)16-5-4-6-18(25)11-16/h4-12,21-22,27H,13-14H2,1-3H3. The van der Waals surface area contributed by atoms with E-state index in [0.29, 0.717) is 34.8 Å². The Kier molecular flexibility index (Phi) is 6.64. The van der Waals surface area contributed by atoms with Crippen molar-refractivity contribution in [2.75, 3.05) is 7.11 Å². The summed E-state index contributed by atoms with van der Waals surface area (Å²) >= 11 is 5.99. The van der Waals surface area contributed by atoms with Crippen LogP contribution in [0.4, 0.5) is 0 Å². The lowest BCUT2D eigenvalue weighted by Gasteiger charge is -2.33. The van der Waals surface area contributed by atoms with Gasteiger partial charge >= 0.3 is 5.97 Å². The highest BCUT2D eigenvalue weighted by molar-refractivity contribution is 6.30. The van der Waals surface area contributed by atoms with E-state index in [9.17, 15) is 14.7 Å². The van der Waals surface area contributed by atoms with Crippen molar-refractivity contribution in [3.05, 3.63) is 76.3 Å². The summed E-state index contributed by atoms with van der Waals surface area (Å²) in [5.41, 5.74) is 1.15. The van der Waals surface area contributed by atoms with E-state index in [1.54, 1.807) is 49.6 Å². The zero-order valence-corrected chi connectivity index (χ0v) is 18.0. The van der Waals surface area contributed by atoms with Crippen LogP contribution in [0.3, 0.4) is 0 Å². The number of esters is 1. The largest absolute Gasteiger partial charge is 0.497 e. The molecule has 6 heteroatoms. The van der Waals surface area contributed by atoms with Crippen molar-refractivity contribution in [1.29, 1.82) is 0 Å². The smallest absolute Gasteiger partial charge is 0.338 e. The summed E-state index contributed by atoms with van der Waals surface area (Å²) in [6, 6.07) is 13.3. The van der Waals surface area contributed by atoms with E-state index in [1.165, 1.54) is 12.1 Å². The normalized spacial score (nSPS) is 17.6. The lowest BCUT2D eigenvalue weighted by atomic mass is 9.74. The third-order valence-electron chi connectivity index (χ3n) is 5.09. The topological polar surface area (TPSA) is 72.8 Å². The Morgan fingerprint density at radius 3 is 2.43 bits per heavy atom. The number of carbonyl (C=O) groups excluding carboxylic acids is 2. The third-order valence-corrected chi connectivity index (χ3v) is 5.32. The Labute approximate surface area is 181 Å². The Hall–Kier alpha value is -2.63. The fourth-order valence-corrected chi connectivity index (χ4v) is 3.88. The zero-order chi connectivity index (χ0) is 21.9. The molecule has 0 aliphatic heterocycles. The van der Waals surface area contributed by atoms with Gasteiger partial charge in [-0.3, -0.25) is 4.79 Å². The van der Waals surface area contributed by atoms with Gasteiger partial charge in [0, 0.05) is 11.4 Å². The molecule has 1 aliphatic carbocycles. The fraction of sp³-hybridized carbons (Fsp3) is 0.333. The van der Waals surface area contributed by atoms with Gasteiger partial charge in [-0.05, 0) is 59.4 Å². The van der Waals surface area contributed by atoms with Crippen molar-refractivity contribution in [3.8, 4) is 5.75 Å². The number of hydrogen-bond donors (Lipinski definition) is 1. The summed E-state index contributed by atoms with van der Waals surface area (Å²) in [6.45, 7) is 3.95. The number of hydrogen-bond acceptors (Lipinski definition) is 5. The monoisotopic (exact) mass is 428 g/mol. The number of carbonyl (C=O) groups is 2. The van der Waals surface area contributed by atoms with E-state index >= 15 is 0 Å². The molecule has 2 aromatic carbocycles. The van der Waals surface area contributed by atoms with E-state index in [0.717, 1.165) is 0 Å². The first-order chi connectivity index (χ1) is 14.2. The van der Waals surface area contributed by atoms with Crippen LogP contribution in [-0.2, 0) is 9.53 Å². The number of aliphatic hydroxyl groups excluding tert-OH is 1. The van der Waals surface area contributed by atoms with Crippen LogP contribution < -0.4 is 4.74 Å². The second-order valence-corrected chi connectivity index (χ2v) is 8.69. The summed E-state index contributed by atoms with van der Waals surface area (Å²) in [4.78, 5) is 25.0. The van der Waals surface area contributed by atoms with Crippen molar-refractivity contribution in [1.82, 2.24) is 0 Å². The average Bonchev–Trinajstić information content (AvgIpc) is 2.70. The number of methoxy groups -OCH3 is 1. The molecule has 5 nitrogen and oxygen atoms in total. The molecule has 0 amide bonds. The SMILES string of the molecule is COc1ccc(C(OC(=O)c2cccc(Cl)c2)C(O)C2=CC(=O)CC(C)(C)C2)cc1. The highest BCUT2D eigenvalue weighted by Crippen LogP contribution is 2.39. The van der Waals surface area contributed by atoms with Crippen LogP contribution in [0, 0.1) is 5.41 Å². The number of ether oxygens (including phenoxy) is 2. The van der Waals surface area contributed by atoms with E-state index in [4.69, 9.17) is 21.1 Å². The molecule has 2 aromatic rings. The minimum absolute atomic E-state index is 0.0463. The van der Waals surface area contributed by atoms with Gasteiger partial charge in [-0.25, -0.2) is 4.79 Å². The van der Waals surface area contributed by atoms with Crippen LogP contribution in [0.2, 0.25) is 5.02 Å². The van der Waals surface area contributed by atoms with Crippen molar-refractivity contribution >= 4 is 23.4 Å². The molecule has 2 unspecified atom stereocenters. The highest BCUT2D eigenvalue weighted by Gasteiger charge is 2.35. The van der Waals surface area contributed by atoms with Gasteiger partial charge in [-0.2, -0.15) is 0 Å². The van der Waals surface area contributed by atoms with Crippen LogP contribution in [-0.4, -0.2) is 30.1 Å². The van der Waals surface area contributed by atoms with Gasteiger partial charge in [0.1, 0.15) is 11.9 Å². The maximum atomic E-state index is 12.8. The molecule has 0 aromatic heterocycles. The van der Waals surface area contributed by atoms with Crippen molar-refractivity contribution in [3.63, 3.8) is 0 Å². The fourth-order valence-electron chi connectivity index (χ4n) is 3.69. The van der Waals surface area contributed by atoms with Crippen LogP contribution in [0.1, 0.15) is 48.7 Å². The zero-order valence-electron chi connectivity index (χ0n) is 17.2. The predicted molar refractivity (Wildman–Crippen MR) is 115 cm³/mol. The Morgan fingerprint density at radius 2 is 1.83 bits per heavy atom. The van der Waals surface area contributed by atoms with Gasteiger partial charge in [0.05, 0.1) is 12.7 Å². The summed E-state index contributed by atoms with van der Waals surface area (Å²) in [6.07, 6.45) is 0.264. The summed E-state index contributed by atoms with van der Waals surface area (Å²) < 4.78 is 10.9. The lowest BCUT2D eigenvalue weighted by molar-refractivity contribution is -0.117. The van der Waals surface area contributed by atoms with Crippen molar-refractivity contribution < 1.29 is 24.2 Å². The van der Waals surface area contributed by atoms with Crippen LogP contribution in [0.25, 0.3) is 0 Å². The van der Waals surface area contributed by atoms with E-state index in [2.05, 4.69) is 0 Å². The van der Waals surface area contributed by atoms with Gasteiger partial charge < -0.3 is 14.6 Å². The molecule has 3 rings (SSSR count). The molecule has 158 valence electrons. The molecule has 0 saturated heterocycles. The molecular weight excluding hydrogens is 404 g/mol. The molecule has 0 fully saturated rings. The molecule has 0 saturated carbocycles. The molecule has 1 aliphatic rings. The van der Waals surface area contributed by atoms with Gasteiger partial charge in [0.15, 0.2) is 11.9 Å². The second-order valence-electron chi connectivity index (χ2n) is 8.26. The van der Waals surface area contributed by atoms with Crippen molar-refractivity contribution in [2.24, 2.45) is 5.41 Å². The summed E-state index contributed by atoms with van der Waals surface area (Å²) in [7, 11) is 1.56. The van der Waals surface area contributed by atoms with E-state index in [-0.39, 0.29) is 16.8 Å². The summed E-state index contributed by atoms with van der Waals surface area (Å²) in [5.74, 6) is -0.0179. The molecule has 2 atom stereocenters. The quantitative estimate of drug-likeness (QED) is 0.661. The number of benzene rings is 2. The number of rotatable bonds is 6. The Balaban J connectivity index is 1.94. The minimum Gasteiger partial charge on any atom is -0.497 e.